The fourth-order valence-electron chi connectivity index (χ4n) is 4.94. The van der Waals surface area contributed by atoms with Crippen molar-refractivity contribution in [2.24, 2.45) is 5.41 Å². The molecule has 2 aliphatic rings. The van der Waals surface area contributed by atoms with Crippen molar-refractivity contribution in [3.05, 3.63) is 41.5 Å². The Hall–Kier alpha value is -3.13. The lowest BCUT2D eigenvalue weighted by molar-refractivity contribution is -0.199. The molecule has 2 atom stereocenters. The minimum absolute atomic E-state index is 0.117. The number of benzene rings is 2. The number of carboxylic acid groups (broad SMARTS) is 1. The van der Waals surface area contributed by atoms with E-state index >= 15 is 0 Å². The second-order valence-electron chi connectivity index (χ2n) is 8.24. The highest BCUT2D eigenvalue weighted by atomic mass is 16.5. The van der Waals surface area contributed by atoms with Gasteiger partial charge < -0.3 is 35.4 Å². The normalized spacial score (nSPS) is 25.2. The van der Waals surface area contributed by atoms with Crippen LogP contribution in [0.1, 0.15) is 49.3 Å². The van der Waals surface area contributed by atoms with E-state index in [1.807, 2.05) is 0 Å². The SMILES string of the molecule is O=C(O)C1([C@]2(O)Cc3c(O)cc(O)cc3O[C@@H]2c2ccc(O)c(O)c2)CCCCC1. The van der Waals surface area contributed by atoms with Gasteiger partial charge in [0.1, 0.15) is 28.3 Å². The summed E-state index contributed by atoms with van der Waals surface area (Å²) in [7, 11) is 0. The van der Waals surface area contributed by atoms with E-state index in [-0.39, 0.29) is 53.4 Å². The molecule has 4 rings (SSSR count). The molecular weight excluding hydrogens is 392 g/mol. The predicted octanol–water partition coefficient (Wildman–Crippen LogP) is 2.95. The number of hydrogen-bond donors (Lipinski definition) is 6. The van der Waals surface area contributed by atoms with E-state index in [4.69, 9.17) is 4.74 Å². The number of aliphatic hydroxyl groups is 1. The summed E-state index contributed by atoms with van der Waals surface area (Å²) >= 11 is 0. The molecule has 8 nitrogen and oxygen atoms in total. The average Bonchev–Trinajstić information content (AvgIpc) is 2.70. The molecule has 0 amide bonds. The molecule has 1 heterocycles. The number of rotatable bonds is 3. The van der Waals surface area contributed by atoms with Crippen LogP contribution in [-0.4, -0.2) is 42.2 Å². The fraction of sp³-hybridized carbons (Fsp3) is 0.409. The maximum Gasteiger partial charge on any atom is 0.312 e. The molecule has 0 spiro atoms. The molecule has 0 unspecified atom stereocenters. The number of aromatic hydroxyl groups is 4. The number of fused-ring (bicyclic) bond motifs is 1. The molecule has 2 aromatic carbocycles. The number of phenols is 4. The smallest absolute Gasteiger partial charge is 0.312 e. The van der Waals surface area contributed by atoms with Gasteiger partial charge in [-0.3, -0.25) is 4.79 Å². The Bertz CT molecular complexity index is 995. The van der Waals surface area contributed by atoms with Gasteiger partial charge in [-0.05, 0) is 30.5 Å². The van der Waals surface area contributed by atoms with Crippen molar-refractivity contribution in [2.75, 3.05) is 0 Å². The zero-order valence-corrected chi connectivity index (χ0v) is 16.2. The first-order valence-electron chi connectivity index (χ1n) is 9.87. The van der Waals surface area contributed by atoms with Crippen molar-refractivity contribution in [1.29, 1.82) is 0 Å². The minimum Gasteiger partial charge on any atom is -0.508 e. The van der Waals surface area contributed by atoms with Crippen LogP contribution in [0, 0.1) is 5.41 Å². The highest BCUT2D eigenvalue weighted by Gasteiger charge is 2.63. The second-order valence-corrected chi connectivity index (χ2v) is 8.24. The summed E-state index contributed by atoms with van der Waals surface area (Å²) in [6, 6.07) is 6.30. The Morgan fingerprint density at radius 1 is 0.933 bits per heavy atom. The molecule has 160 valence electrons. The lowest BCUT2D eigenvalue weighted by Crippen LogP contribution is -2.61. The molecule has 1 aliphatic heterocycles. The maximum atomic E-state index is 12.5. The van der Waals surface area contributed by atoms with Crippen molar-refractivity contribution < 1.29 is 40.2 Å². The molecule has 1 saturated carbocycles. The Balaban J connectivity index is 1.93. The van der Waals surface area contributed by atoms with E-state index < -0.39 is 28.8 Å². The summed E-state index contributed by atoms with van der Waals surface area (Å²) < 4.78 is 5.99. The standard InChI is InChI=1S/C22H24O8/c23-13-9-16(25)14-11-22(29,21(20(27)28)6-2-1-3-7-21)19(30-18(14)10-13)12-4-5-15(24)17(26)8-12/h4-5,8-10,19,23-26,29H,1-3,6-7,11H2,(H,27,28)/t19-,22+/m1/s1. The van der Waals surface area contributed by atoms with Crippen molar-refractivity contribution >= 4 is 5.97 Å². The zero-order chi connectivity index (χ0) is 21.7. The first kappa shape index (κ1) is 20.2. The van der Waals surface area contributed by atoms with E-state index in [0.29, 0.717) is 12.8 Å². The summed E-state index contributed by atoms with van der Waals surface area (Å²) in [5.74, 6) is -2.37. The summed E-state index contributed by atoms with van der Waals surface area (Å²) in [6.07, 6.45) is 1.13. The Labute approximate surface area is 172 Å². The van der Waals surface area contributed by atoms with E-state index in [1.165, 1.54) is 24.3 Å². The molecule has 0 aromatic heterocycles. The van der Waals surface area contributed by atoms with Gasteiger partial charge in [0.05, 0.1) is 0 Å². The highest BCUT2D eigenvalue weighted by molar-refractivity contribution is 5.77. The van der Waals surface area contributed by atoms with E-state index in [1.54, 1.807) is 0 Å². The Morgan fingerprint density at radius 3 is 2.27 bits per heavy atom. The van der Waals surface area contributed by atoms with Gasteiger partial charge in [-0.2, -0.15) is 0 Å². The zero-order valence-electron chi connectivity index (χ0n) is 16.2. The van der Waals surface area contributed by atoms with Gasteiger partial charge in [-0.15, -0.1) is 0 Å². The number of carbonyl (C=O) groups is 1. The van der Waals surface area contributed by atoms with Gasteiger partial charge in [0.25, 0.3) is 0 Å². The van der Waals surface area contributed by atoms with Crippen LogP contribution < -0.4 is 4.74 Å². The summed E-state index contributed by atoms with van der Waals surface area (Å²) in [6.45, 7) is 0. The van der Waals surface area contributed by atoms with Crippen LogP contribution in [0.15, 0.2) is 30.3 Å². The van der Waals surface area contributed by atoms with Crippen molar-refractivity contribution in [3.63, 3.8) is 0 Å². The molecule has 6 N–H and O–H groups in total. The molecule has 0 radical (unpaired) electrons. The maximum absolute atomic E-state index is 12.5. The third-order valence-corrected chi connectivity index (χ3v) is 6.54. The Morgan fingerprint density at radius 2 is 1.63 bits per heavy atom. The van der Waals surface area contributed by atoms with Crippen molar-refractivity contribution in [2.45, 2.75) is 50.2 Å². The molecule has 8 heteroatoms. The molecule has 0 bridgehead atoms. The van der Waals surface area contributed by atoms with Gasteiger partial charge in [-0.25, -0.2) is 0 Å². The molecule has 2 aromatic rings. The van der Waals surface area contributed by atoms with Crippen LogP contribution in [0.2, 0.25) is 0 Å². The van der Waals surface area contributed by atoms with Gasteiger partial charge in [0.15, 0.2) is 17.6 Å². The first-order valence-corrected chi connectivity index (χ1v) is 9.87. The lowest BCUT2D eigenvalue weighted by atomic mass is 9.58. The number of ether oxygens (including phenoxy) is 1. The monoisotopic (exact) mass is 416 g/mol. The topological polar surface area (TPSA) is 148 Å². The van der Waals surface area contributed by atoms with E-state index in [2.05, 4.69) is 0 Å². The Kier molecular flexibility index (Phi) is 4.69. The molecular formula is C22H24O8. The van der Waals surface area contributed by atoms with Gasteiger partial charge in [-0.1, -0.05) is 25.3 Å². The molecule has 30 heavy (non-hydrogen) atoms. The van der Waals surface area contributed by atoms with Gasteiger partial charge >= 0.3 is 5.97 Å². The average molecular weight is 416 g/mol. The lowest BCUT2D eigenvalue weighted by Gasteiger charge is -2.52. The number of phenolic OH excluding ortho intramolecular Hbond substituents is 4. The second kappa shape index (κ2) is 6.98. The first-order chi connectivity index (χ1) is 14.2. The summed E-state index contributed by atoms with van der Waals surface area (Å²) in [4.78, 5) is 12.5. The summed E-state index contributed by atoms with van der Waals surface area (Å²) in [5.41, 5.74) is -3.01. The molecule has 0 saturated heterocycles. The predicted molar refractivity (Wildman–Crippen MR) is 105 cm³/mol. The largest absolute Gasteiger partial charge is 0.508 e. The number of hydrogen-bond acceptors (Lipinski definition) is 7. The van der Waals surface area contributed by atoms with Crippen molar-refractivity contribution in [1.82, 2.24) is 0 Å². The van der Waals surface area contributed by atoms with Crippen LogP contribution >= 0.6 is 0 Å². The van der Waals surface area contributed by atoms with Crippen LogP contribution in [0.4, 0.5) is 0 Å². The summed E-state index contributed by atoms with van der Waals surface area (Å²) in [5, 5.41) is 62.1. The van der Waals surface area contributed by atoms with E-state index in [9.17, 15) is 35.4 Å². The third-order valence-electron chi connectivity index (χ3n) is 6.54. The van der Waals surface area contributed by atoms with Crippen LogP contribution in [0.25, 0.3) is 0 Å². The van der Waals surface area contributed by atoms with E-state index in [0.717, 1.165) is 12.5 Å². The van der Waals surface area contributed by atoms with Crippen molar-refractivity contribution in [3.8, 4) is 28.7 Å². The third kappa shape index (κ3) is 2.90. The highest BCUT2D eigenvalue weighted by Crippen LogP contribution is 2.57. The number of aliphatic carboxylic acids is 1. The quantitative estimate of drug-likeness (QED) is 0.419. The fourth-order valence-corrected chi connectivity index (χ4v) is 4.94. The van der Waals surface area contributed by atoms with Crippen LogP contribution in [0.5, 0.6) is 28.7 Å². The molecule has 1 fully saturated rings. The minimum atomic E-state index is -1.95. The van der Waals surface area contributed by atoms with Crippen LogP contribution in [0.3, 0.4) is 0 Å². The van der Waals surface area contributed by atoms with Crippen LogP contribution in [-0.2, 0) is 11.2 Å². The van der Waals surface area contributed by atoms with Gasteiger partial charge in [0.2, 0.25) is 0 Å². The number of carboxylic acids is 1. The molecule has 1 aliphatic carbocycles. The van der Waals surface area contributed by atoms with Gasteiger partial charge in [0, 0.05) is 24.1 Å².